The van der Waals surface area contributed by atoms with Gasteiger partial charge in [0, 0.05) is 11.5 Å². The Morgan fingerprint density at radius 3 is 1.69 bits per heavy atom. The molecule has 78 valence electrons. The fourth-order valence-corrected chi connectivity index (χ4v) is 0.630. The van der Waals surface area contributed by atoms with Crippen molar-refractivity contribution in [3.8, 4) is 0 Å². The Morgan fingerprint density at radius 1 is 1.08 bits per heavy atom. The highest BCUT2D eigenvalue weighted by Crippen LogP contribution is 2.20. The van der Waals surface area contributed by atoms with Gasteiger partial charge in [0.2, 0.25) is 5.91 Å². The van der Waals surface area contributed by atoms with Gasteiger partial charge in [0.15, 0.2) is 0 Å². The number of hydrogen-bond donors (Lipinski definition) is 1. The summed E-state index contributed by atoms with van der Waals surface area (Å²) in [6, 6.07) is 0.208. The Kier molecular flexibility index (Phi) is 3.54. The molecule has 0 unspecified atom stereocenters. The first-order valence-electron chi connectivity index (χ1n) is 4.86. The summed E-state index contributed by atoms with van der Waals surface area (Å²) < 4.78 is 0. The Morgan fingerprint density at radius 2 is 1.46 bits per heavy atom. The van der Waals surface area contributed by atoms with E-state index < -0.39 is 0 Å². The largest absolute Gasteiger partial charge is 0.353 e. The second-order valence-corrected chi connectivity index (χ2v) is 5.81. The Bertz CT molecular complexity index is 183. The van der Waals surface area contributed by atoms with Crippen LogP contribution in [0.25, 0.3) is 0 Å². The third-order valence-electron chi connectivity index (χ3n) is 2.33. The minimum Gasteiger partial charge on any atom is -0.353 e. The van der Waals surface area contributed by atoms with Gasteiger partial charge in [-0.15, -0.1) is 0 Å². The first kappa shape index (κ1) is 12.5. The molecular weight excluding hydrogens is 162 g/mol. The predicted octanol–water partition coefficient (Wildman–Crippen LogP) is 2.58. The summed E-state index contributed by atoms with van der Waals surface area (Å²) >= 11 is 0. The Hall–Kier alpha value is -0.530. The van der Waals surface area contributed by atoms with Gasteiger partial charge in [-0.25, -0.2) is 0 Å². The second-order valence-electron chi connectivity index (χ2n) is 5.81. The molecule has 0 spiro atoms. The average Bonchev–Trinajstić information content (AvgIpc) is 1.82. The summed E-state index contributed by atoms with van der Waals surface area (Å²) in [6.45, 7) is 14.2. The molecule has 0 heterocycles. The summed E-state index contributed by atoms with van der Waals surface area (Å²) in [5, 5.41) is 3.02. The zero-order chi connectivity index (χ0) is 10.9. The van der Waals surface area contributed by atoms with Gasteiger partial charge in [-0.2, -0.15) is 0 Å². The summed E-state index contributed by atoms with van der Waals surface area (Å²) in [6.07, 6.45) is 0. The standard InChI is InChI=1S/C11H23NO/c1-8(10(2,3)4)12-9(13)11(5,6)7/h8H,1-7H3,(H,12,13)/t8-/m0/s1. The first-order chi connectivity index (χ1) is 5.55. The molecule has 0 aliphatic heterocycles. The number of hydrogen-bond acceptors (Lipinski definition) is 1. The molecule has 0 aromatic rings. The lowest BCUT2D eigenvalue weighted by Gasteiger charge is -2.30. The molecule has 0 radical (unpaired) electrons. The molecule has 2 heteroatoms. The summed E-state index contributed by atoms with van der Waals surface area (Å²) in [4.78, 5) is 11.6. The lowest BCUT2D eigenvalue weighted by atomic mass is 9.86. The quantitative estimate of drug-likeness (QED) is 0.668. The first-order valence-corrected chi connectivity index (χ1v) is 4.86. The fraction of sp³-hybridized carbons (Fsp3) is 0.909. The van der Waals surface area contributed by atoms with E-state index in [1.54, 1.807) is 0 Å². The molecule has 1 atom stereocenters. The normalized spacial score (nSPS) is 15.3. The predicted molar refractivity (Wildman–Crippen MR) is 56.5 cm³/mol. The van der Waals surface area contributed by atoms with E-state index in [1.807, 2.05) is 27.7 Å². The molecular formula is C11H23NO. The van der Waals surface area contributed by atoms with Crippen molar-refractivity contribution in [2.45, 2.75) is 54.5 Å². The molecule has 0 saturated heterocycles. The maximum Gasteiger partial charge on any atom is 0.225 e. The minimum absolute atomic E-state index is 0.120. The molecule has 0 bridgehead atoms. The van der Waals surface area contributed by atoms with Gasteiger partial charge in [0.25, 0.3) is 0 Å². The highest BCUT2D eigenvalue weighted by atomic mass is 16.2. The van der Waals surface area contributed by atoms with Crippen LogP contribution in [0.3, 0.4) is 0 Å². The fourth-order valence-electron chi connectivity index (χ4n) is 0.630. The van der Waals surface area contributed by atoms with Crippen LogP contribution in [0, 0.1) is 10.8 Å². The maximum absolute atomic E-state index is 11.6. The molecule has 0 aromatic carbocycles. The minimum atomic E-state index is -0.292. The summed E-state index contributed by atoms with van der Waals surface area (Å²) in [5.74, 6) is 0.120. The van der Waals surface area contributed by atoms with Crippen molar-refractivity contribution in [1.82, 2.24) is 5.32 Å². The maximum atomic E-state index is 11.6. The monoisotopic (exact) mass is 185 g/mol. The van der Waals surface area contributed by atoms with Crippen molar-refractivity contribution < 1.29 is 4.79 Å². The van der Waals surface area contributed by atoms with Crippen LogP contribution in [0.2, 0.25) is 0 Å². The summed E-state index contributed by atoms with van der Waals surface area (Å²) in [5.41, 5.74) is -0.166. The van der Waals surface area contributed by atoms with Crippen LogP contribution in [0.4, 0.5) is 0 Å². The molecule has 0 aliphatic rings. The van der Waals surface area contributed by atoms with Gasteiger partial charge < -0.3 is 5.32 Å². The molecule has 13 heavy (non-hydrogen) atoms. The SMILES string of the molecule is C[C@H](NC(=O)C(C)(C)C)C(C)(C)C. The molecule has 0 saturated carbocycles. The zero-order valence-electron chi connectivity index (χ0n) is 9.99. The molecule has 0 aromatic heterocycles. The van der Waals surface area contributed by atoms with Crippen molar-refractivity contribution in [3.05, 3.63) is 0 Å². The van der Waals surface area contributed by atoms with Crippen LogP contribution >= 0.6 is 0 Å². The van der Waals surface area contributed by atoms with Crippen LogP contribution in [0.1, 0.15) is 48.5 Å². The molecule has 0 fully saturated rings. The van der Waals surface area contributed by atoms with Gasteiger partial charge in [0.05, 0.1) is 0 Å². The third kappa shape index (κ3) is 4.30. The third-order valence-corrected chi connectivity index (χ3v) is 2.33. The number of amides is 1. The highest BCUT2D eigenvalue weighted by Gasteiger charge is 2.27. The van der Waals surface area contributed by atoms with E-state index in [0.29, 0.717) is 0 Å². The summed E-state index contributed by atoms with van der Waals surface area (Å²) in [7, 11) is 0. The van der Waals surface area contributed by atoms with Crippen LogP contribution in [-0.2, 0) is 4.79 Å². The number of carbonyl (C=O) groups excluding carboxylic acids is 1. The molecule has 0 rings (SSSR count). The average molecular weight is 185 g/mol. The lowest BCUT2D eigenvalue weighted by molar-refractivity contribution is -0.129. The number of nitrogens with one attached hydrogen (secondary N) is 1. The molecule has 1 N–H and O–H groups in total. The molecule has 1 amide bonds. The van der Waals surface area contributed by atoms with Gasteiger partial charge in [-0.3, -0.25) is 4.79 Å². The van der Waals surface area contributed by atoms with Crippen molar-refractivity contribution in [1.29, 1.82) is 0 Å². The lowest BCUT2D eigenvalue weighted by Crippen LogP contribution is -2.46. The van der Waals surface area contributed by atoms with E-state index in [1.165, 1.54) is 0 Å². The van der Waals surface area contributed by atoms with Crippen LogP contribution in [0.5, 0.6) is 0 Å². The highest BCUT2D eigenvalue weighted by molar-refractivity contribution is 5.81. The van der Waals surface area contributed by atoms with E-state index in [4.69, 9.17) is 0 Å². The van der Waals surface area contributed by atoms with E-state index in [0.717, 1.165) is 0 Å². The number of carbonyl (C=O) groups is 1. The second kappa shape index (κ2) is 3.69. The molecule has 0 aliphatic carbocycles. The zero-order valence-corrected chi connectivity index (χ0v) is 9.99. The van der Waals surface area contributed by atoms with E-state index in [-0.39, 0.29) is 22.8 Å². The van der Waals surface area contributed by atoms with Crippen molar-refractivity contribution >= 4 is 5.91 Å². The van der Waals surface area contributed by atoms with Crippen molar-refractivity contribution in [2.24, 2.45) is 10.8 Å². The Balaban J connectivity index is 4.24. The van der Waals surface area contributed by atoms with Crippen molar-refractivity contribution in [3.63, 3.8) is 0 Å². The van der Waals surface area contributed by atoms with Gasteiger partial charge in [-0.05, 0) is 12.3 Å². The van der Waals surface area contributed by atoms with Gasteiger partial charge in [0.1, 0.15) is 0 Å². The van der Waals surface area contributed by atoms with Crippen LogP contribution in [0.15, 0.2) is 0 Å². The van der Waals surface area contributed by atoms with Gasteiger partial charge >= 0.3 is 0 Å². The Labute approximate surface area is 82.1 Å². The van der Waals surface area contributed by atoms with E-state index in [9.17, 15) is 4.79 Å². The van der Waals surface area contributed by atoms with Crippen LogP contribution < -0.4 is 5.32 Å². The smallest absolute Gasteiger partial charge is 0.225 e. The van der Waals surface area contributed by atoms with Gasteiger partial charge in [-0.1, -0.05) is 41.5 Å². The van der Waals surface area contributed by atoms with E-state index in [2.05, 4.69) is 26.1 Å². The van der Waals surface area contributed by atoms with E-state index >= 15 is 0 Å². The number of rotatable bonds is 1. The topological polar surface area (TPSA) is 29.1 Å². The van der Waals surface area contributed by atoms with Crippen molar-refractivity contribution in [2.75, 3.05) is 0 Å². The molecule has 2 nitrogen and oxygen atoms in total. The van der Waals surface area contributed by atoms with Crippen LogP contribution in [-0.4, -0.2) is 11.9 Å².